The Hall–Kier alpha value is -0.643. The van der Waals surface area contributed by atoms with Gasteiger partial charge in [0.05, 0.1) is 12.2 Å². The molecule has 3 atom stereocenters. The van der Waals surface area contributed by atoms with Crippen molar-refractivity contribution in [3.8, 4) is 0 Å². The fraction of sp³-hybridized carbons (Fsp3) is 0.667. The van der Waals surface area contributed by atoms with Gasteiger partial charge in [0, 0.05) is 5.92 Å². The molecule has 3 heteroatoms. The SMILES string of the molecule is CC1c2ccc3c(c2C1O)CCC3O[Si](C)(C)C(C)(C)C. The highest BCUT2D eigenvalue weighted by Crippen LogP contribution is 2.52. The van der Waals surface area contributed by atoms with Crippen LogP contribution in [0.3, 0.4) is 0 Å². The van der Waals surface area contributed by atoms with Crippen LogP contribution >= 0.6 is 0 Å². The molecule has 0 bridgehead atoms. The van der Waals surface area contributed by atoms with E-state index in [9.17, 15) is 5.11 Å². The maximum absolute atomic E-state index is 10.2. The van der Waals surface area contributed by atoms with Gasteiger partial charge in [0.2, 0.25) is 0 Å². The number of fused-ring (bicyclic) bond motifs is 3. The van der Waals surface area contributed by atoms with E-state index in [1.165, 1.54) is 22.3 Å². The third-order valence-corrected chi connectivity index (χ3v) is 10.4. The van der Waals surface area contributed by atoms with Crippen LogP contribution in [0.2, 0.25) is 18.1 Å². The van der Waals surface area contributed by atoms with E-state index in [4.69, 9.17) is 4.43 Å². The van der Waals surface area contributed by atoms with Gasteiger partial charge in [0.25, 0.3) is 0 Å². The topological polar surface area (TPSA) is 29.5 Å². The van der Waals surface area contributed by atoms with Crippen molar-refractivity contribution in [2.24, 2.45) is 0 Å². The third-order valence-electron chi connectivity index (χ3n) is 5.93. The molecule has 2 aliphatic rings. The zero-order chi connectivity index (χ0) is 15.6. The maximum Gasteiger partial charge on any atom is 0.192 e. The Labute approximate surface area is 129 Å². The van der Waals surface area contributed by atoms with Gasteiger partial charge in [-0.25, -0.2) is 0 Å². The van der Waals surface area contributed by atoms with Gasteiger partial charge in [-0.1, -0.05) is 39.8 Å². The number of hydrogen-bond donors (Lipinski definition) is 1. The van der Waals surface area contributed by atoms with E-state index in [0.717, 1.165) is 12.8 Å². The van der Waals surface area contributed by atoms with Gasteiger partial charge >= 0.3 is 0 Å². The molecule has 0 radical (unpaired) electrons. The maximum atomic E-state index is 10.2. The van der Waals surface area contributed by atoms with Crippen LogP contribution in [-0.4, -0.2) is 13.4 Å². The lowest BCUT2D eigenvalue weighted by Gasteiger charge is -2.39. The van der Waals surface area contributed by atoms with Crippen LogP contribution in [0, 0.1) is 0 Å². The third kappa shape index (κ3) is 2.21. The Morgan fingerprint density at radius 2 is 1.81 bits per heavy atom. The van der Waals surface area contributed by atoms with Crippen LogP contribution in [0.4, 0.5) is 0 Å². The average molecular weight is 305 g/mol. The molecular weight excluding hydrogens is 276 g/mol. The van der Waals surface area contributed by atoms with E-state index in [1.807, 2.05) is 0 Å². The van der Waals surface area contributed by atoms with Crippen molar-refractivity contribution in [3.63, 3.8) is 0 Å². The lowest BCUT2D eigenvalue weighted by molar-refractivity contribution is 0.122. The van der Waals surface area contributed by atoms with Crippen LogP contribution in [0.25, 0.3) is 0 Å². The zero-order valence-corrected chi connectivity index (χ0v) is 15.2. The Balaban J connectivity index is 1.89. The Kier molecular flexibility index (Phi) is 3.40. The van der Waals surface area contributed by atoms with Gasteiger partial charge in [-0.3, -0.25) is 0 Å². The molecule has 2 nitrogen and oxygen atoms in total. The van der Waals surface area contributed by atoms with Crippen molar-refractivity contribution in [2.45, 2.75) is 76.8 Å². The lowest BCUT2D eigenvalue weighted by Crippen LogP contribution is -2.41. The minimum Gasteiger partial charge on any atom is -0.410 e. The summed E-state index contributed by atoms with van der Waals surface area (Å²) >= 11 is 0. The summed E-state index contributed by atoms with van der Waals surface area (Å²) < 4.78 is 6.63. The lowest BCUT2D eigenvalue weighted by atomic mass is 9.73. The summed E-state index contributed by atoms with van der Waals surface area (Å²) in [6, 6.07) is 4.46. The first-order valence-corrected chi connectivity index (χ1v) is 11.1. The van der Waals surface area contributed by atoms with Gasteiger partial charge in [0.15, 0.2) is 8.32 Å². The van der Waals surface area contributed by atoms with Crippen LogP contribution < -0.4 is 0 Å². The molecule has 0 heterocycles. The average Bonchev–Trinajstić information content (AvgIpc) is 2.77. The predicted molar refractivity (Wildman–Crippen MR) is 89.2 cm³/mol. The second kappa shape index (κ2) is 4.67. The smallest absolute Gasteiger partial charge is 0.192 e. The summed E-state index contributed by atoms with van der Waals surface area (Å²) in [5.41, 5.74) is 5.27. The largest absolute Gasteiger partial charge is 0.410 e. The second-order valence-corrected chi connectivity index (χ2v) is 13.0. The molecule has 0 spiro atoms. The fourth-order valence-corrected chi connectivity index (χ4v) is 4.75. The van der Waals surface area contributed by atoms with Crippen LogP contribution in [0.5, 0.6) is 0 Å². The monoisotopic (exact) mass is 304 g/mol. The highest BCUT2D eigenvalue weighted by molar-refractivity contribution is 6.74. The predicted octanol–water partition coefficient (Wildman–Crippen LogP) is 4.85. The van der Waals surface area contributed by atoms with Crippen molar-refractivity contribution in [3.05, 3.63) is 34.4 Å². The highest BCUT2D eigenvalue weighted by Gasteiger charge is 2.43. The molecule has 0 amide bonds. The quantitative estimate of drug-likeness (QED) is 0.792. The standard InChI is InChI=1S/C18H28O2Si/c1-11-12-7-8-13-14(16(12)17(11)19)9-10-15(13)20-21(5,6)18(2,3)4/h7-8,11,15,17,19H,9-10H2,1-6H3. The first-order chi connectivity index (χ1) is 9.63. The molecule has 0 fully saturated rings. The van der Waals surface area contributed by atoms with E-state index in [-0.39, 0.29) is 17.2 Å². The molecule has 0 aliphatic heterocycles. The van der Waals surface area contributed by atoms with Crippen molar-refractivity contribution < 1.29 is 9.53 Å². The number of aliphatic hydroxyl groups is 1. The van der Waals surface area contributed by atoms with Gasteiger partial charge < -0.3 is 9.53 Å². The summed E-state index contributed by atoms with van der Waals surface area (Å²) in [4.78, 5) is 0. The zero-order valence-electron chi connectivity index (χ0n) is 14.2. The molecule has 1 N–H and O–H groups in total. The van der Waals surface area contributed by atoms with E-state index < -0.39 is 8.32 Å². The van der Waals surface area contributed by atoms with Crippen LogP contribution in [-0.2, 0) is 10.8 Å². The highest BCUT2D eigenvalue weighted by atomic mass is 28.4. The summed E-state index contributed by atoms with van der Waals surface area (Å²) in [6.07, 6.45) is 2.09. The summed E-state index contributed by atoms with van der Waals surface area (Å²) in [7, 11) is -1.74. The van der Waals surface area contributed by atoms with Gasteiger partial charge in [-0.15, -0.1) is 0 Å². The molecule has 0 saturated carbocycles. The van der Waals surface area contributed by atoms with E-state index in [2.05, 4.69) is 52.9 Å². The minimum absolute atomic E-state index is 0.231. The summed E-state index contributed by atoms with van der Waals surface area (Å²) in [5, 5.41) is 10.5. The van der Waals surface area contributed by atoms with Gasteiger partial charge in [0.1, 0.15) is 0 Å². The summed E-state index contributed by atoms with van der Waals surface area (Å²) in [5.74, 6) is 0.297. The first-order valence-electron chi connectivity index (χ1n) is 8.15. The van der Waals surface area contributed by atoms with Crippen LogP contribution in [0.15, 0.2) is 12.1 Å². The number of hydrogen-bond acceptors (Lipinski definition) is 2. The molecule has 1 aromatic carbocycles. The van der Waals surface area contributed by atoms with E-state index >= 15 is 0 Å². The molecule has 3 unspecified atom stereocenters. The Bertz CT molecular complexity index is 571. The minimum atomic E-state index is -1.74. The molecule has 0 aromatic heterocycles. The van der Waals surface area contributed by atoms with Gasteiger partial charge in [-0.05, 0) is 53.2 Å². The number of rotatable bonds is 2. The second-order valence-electron chi connectivity index (χ2n) is 8.28. The van der Waals surface area contributed by atoms with E-state index in [0.29, 0.717) is 5.92 Å². The Morgan fingerprint density at radius 1 is 1.19 bits per heavy atom. The van der Waals surface area contributed by atoms with Gasteiger partial charge in [-0.2, -0.15) is 0 Å². The normalized spacial score (nSPS) is 28.0. The molecule has 1 aromatic rings. The Morgan fingerprint density at radius 3 is 2.43 bits per heavy atom. The van der Waals surface area contributed by atoms with Crippen molar-refractivity contribution >= 4 is 8.32 Å². The fourth-order valence-electron chi connectivity index (χ4n) is 3.44. The molecule has 0 saturated heterocycles. The number of aliphatic hydroxyl groups excluding tert-OH is 1. The van der Waals surface area contributed by atoms with Crippen molar-refractivity contribution in [1.82, 2.24) is 0 Å². The molecule has 21 heavy (non-hydrogen) atoms. The van der Waals surface area contributed by atoms with Crippen LogP contribution in [0.1, 0.15) is 74.5 Å². The molecule has 3 rings (SSSR count). The van der Waals surface area contributed by atoms with Crippen molar-refractivity contribution in [1.29, 1.82) is 0 Å². The first kappa shape index (κ1) is 15.3. The number of benzene rings is 1. The molecule has 116 valence electrons. The molecule has 2 aliphatic carbocycles. The summed E-state index contributed by atoms with van der Waals surface area (Å²) in [6.45, 7) is 13.6. The molecular formula is C18H28O2Si. The van der Waals surface area contributed by atoms with Crippen molar-refractivity contribution in [2.75, 3.05) is 0 Å². The van der Waals surface area contributed by atoms with E-state index in [1.54, 1.807) is 0 Å².